The molecule has 0 unspecified atom stereocenters. The van der Waals surface area contributed by atoms with Gasteiger partial charge in [-0.15, -0.1) is 0 Å². The Bertz CT molecular complexity index is 1500. The van der Waals surface area contributed by atoms with Gasteiger partial charge >= 0.3 is 6.18 Å². The van der Waals surface area contributed by atoms with Gasteiger partial charge in [-0.05, 0) is 67.7 Å². The Labute approximate surface area is 225 Å². The van der Waals surface area contributed by atoms with Crippen molar-refractivity contribution >= 4 is 22.6 Å². The zero-order valence-corrected chi connectivity index (χ0v) is 22.2. The van der Waals surface area contributed by atoms with Crippen LogP contribution in [0.5, 0.6) is 0 Å². The summed E-state index contributed by atoms with van der Waals surface area (Å²) in [5, 5.41) is 0.625. The Balaban J connectivity index is 1.34. The molecule has 10 heteroatoms. The van der Waals surface area contributed by atoms with Crippen molar-refractivity contribution in [1.29, 1.82) is 0 Å². The second-order valence-electron chi connectivity index (χ2n) is 10.3. The van der Waals surface area contributed by atoms with Crippen LogP contribution < -0.4 is 5.73 Å². The predicted octanol–water partition coefficient (Wildman–Crippen LogP) is 5.32. The molecule has 1 saturated heterocycles. The lowest BCUT2D eigenvalue weighted by Gasteiger charge is -2.32. The van der Waals surface area contributed by atoms with Crippen LogP contribution in [0.4, 0.5) is 18.9 Å². The number of benzene rings is 1. The first kappa shape index (κ1) is 26.7. The molecule has 204 valence electrons. The molecule has 0 aliphatic carbocycles. The Hall–Kier alpha value is -3.92. The fourth-order valence-electron chi connectivity index (χ4n) is 5.35. The largest absolute Gasteiger partial charge is 0.418 e. The number of anilines is 1. The van der Waals surface area contributed by atoms with Gasteiger partial charge in [0.15, 0.2) is 0 Å². The van der Waals surface area contributed by atoms with Crippen molar-refractivity contribution in [3.8, 4) is 11.3 Å². The van der Waals surface area contributed by atoms with Crippen LogP contribution in [-0.4, -0.2) is 57.4 Å². The number of aryl methyl sites for hydroxylation is 1. The Morgan fingerprint density at radius 1 is 1.08 bits per heavy atom. The molecule has 4 heterocycles. The normalized spacial score (nSPS) is 15.1. The smallest absolute Gasteiger partial charge is 0.397 e. The van der Waals surface area contributed by atoms with Gasteiger partial charge in [-0.1, -0.05) is 12.1 Å². The van der Waals surface area contributed by atoms with E-state index in [0.29, 0.717) is 34.6 Å². The van der Waals surface area contributed by atoms with Crippen LogP contribution in [0.1, 0.15) is 45.9 Å². The highest BCUT2D eigenvalue weighted by atomic mass is 19.4. The number of nitrogens with two attached hydrogens (primary N) is 1. The summed E-state index contributed by atoms with van der Waals surface area (Å²) in [6.45, 7) is 2.45. The van der Waals surface area contributed by atoms with Crippen LogP contribution in [0.15, 0.2) is 54.9 Å². The first-order valence-corrected chi connectivity index (χ1v) is 12.8. The van der Waals surface area contributed by atoms with Gasteiger partial charge in [-0.25, -0.2) is 4.98 Å². The van der Waals surface area contributed by atoms with E-state index in [-0.39, 0.29) is 17.3 Å². The van der Waals surface area contributed by atoms with E-state index >= 15 is 0 Å². The van der Waals surface area contributed by atoms with E-state index < -0.39 is 11.7 Å². The van der Waals surface area contributed by atoms with Crippen molar-refractivity contribution < 1.29 is 18.0 Å². The number of fused-ring (bicyclic) bond motifs is 1. The fraction of sp³-hybridized carbons (Fsp3) is 0.345. The van der Waals surface area contributed by atoms with Crippen LogP contribution in [0, 0.1) is 0 Å². The van der Waals surface area contributed by atoms with E-state index in [4.69, 9.17) is 5.73 Å². The maximum Gasteiger partial charge on any atom is 0.418 e. The number of halogens is 3. The van der Waals surface area contributed by atoms with Crippen molar-refractivity contribution in [2.75, 3.05) is 32.9 Å². The number of hydrogen-bond donors (Lipinski definition) is 1. The highest BCUT2D eigenvalue weighted by Gasteiger charge is 2.35. The first-order valence-electron chi connectivity index (χ1n) is 12.8. The summed E-state index contributed by atoms with van der Waals surface area (Å²) < 4.78 is 43.4. The SMILES string of the molecule is CN(C)C(=O)c1ccc(C2CCN(Cc3cc4c(-c5ncc(N)cc5C(F)(F)F)ccnc4n3C)CC2)cc1. The van der Waals surface area contributed by atoms with Gasteiger partial charge in [0, 0.05) is 56.1 Å². The van der Waals surface area contributed by atoms with E-state index in [1.54, 1.807) is 25.1 Å². The number of nitrogens with zero attached hydrogens (tertiary/aromatic N) is 5. The minimum Gasteiger partial charge on any atom is -0.397 e. The number of piperidine rings is 1. The summed E-state index contributed by atoms with van der Waals surface area (Å²) in [4.78, 5) is 24.6. The molecule has 5 rings (SSSR count). The van der Waals surface area contributed by atoms with Crippen LogP contribution in [0.2, 0.25) is 0 Å². The van der Waals surface area contributed by atoms with Crippen LogP contribution in [0.25, 0.3) is 22.3 Å². The number of carbonyl (C=O) groups excluding carboxylic acids is 1. The minimum atomic E-state index is -4.59. The molecule has 1 amide bonds. The Kier molecular flexibility index (Phi) is 7.07. The second kappa shape index (κ2) is 10.3. The van der Waals surface area contributed by atoms with Crippen LogP contribution in [-0.2, 0) is 19.8 Å². The van der Waals surface area contributed by atoms with Gasteiger partial charge in [-0.2, -0.15) is 13.2 Å². The third-order valence-electron chi connectivity index (χ3n) is 7.51. The topological polar surface area (TPSA) is 80.3 Å². The van der Waals surface area contributed by atoms with Crippen LogP contribution >= 0.6 is 0 Å². The maximum atomic E-state index is 13.8. The molecule has 39 heavy (non-hydrogen) atoms. The number of rotatable bonds is 5. The van der Waals surface area contributed by atoms with Gasteiger partial charge in [0.05, 0.1) is 23.1 Å². The molecule has 1 fully saturated rings. The van der Waals surface area contributed by atoms with E-state index in [2.05, 4.69) is 27.0 Å². The molecule has 7 nitrogen and oxygen atoms in total. The van der Waals surface area contributed by atoms with E-state index in [9.17, 15) is 18.0 Å². The van der Waals surface area contributed by atoms with Gasteiger partial charge in [0.25, 0.3) is 5.91 Å². The number of amides is 1. The third kappa shape index (κ3) is 5.34. The summed E-state index contributed by atoms with van der Waals surface area (Å²) in [5.74, 6) is 0.411. The third-order valence-corrected chi connectivity index (χ3v) is 7.51. The van der Waals surface area contributed by atoms with Gasteiger partial charge in [0.1, 0.15) is 5.65 Å². The van der Waals surface area contributed by atoms with E-state index in [0.717, 1.165) is 37.7 Å². The van der Waals surface area contributed by atoms with Crippen molar-refractivity contribution in [3.63, 3.8) is 0 Å². The van der Waals surface area contributed by atoms with Gasteiger partial charge < -0.3 is 15.2 Å². The summed E-state index contributed by atoms with van der Waals surface area (Å²) in [5.41, 5.74) is 8.45. The molecule has 0 spiro atoms. The summed E-state index contributed by atoms with van der Waals surface area (Å²) in [6.07, 6.45) is 0.149. The predicted molar refractivity (Wildman–Crippen MR) is 145 cm³/mol. The number of hydrogen-bond acceptors (Lipinski definition) is 5. The molecule has 0 atom stereocenters. The molecule has 0 radical (unpaired) electrons. The molecule has 1 aliphatic rings. The molecule has 3 aromatic heterocycles. The van der Waals surface area contributed by atoms with Gasteiger partial charge in [-0.3, -0.25) is 14.7 Å². The maximum absolute atomic E-state index is 13.8. The van der Waals surface area contributed by atoms with Crippen LogP contribution in [0.3, 0.4) is 0 Å². The number of aromatic nitrogens is 3. The lowest BCUT2D eigenvalue weighted by Crippen LogP contribution is -2.33. The molecule has 0 bridgehead atoms. The summed E-state index contributed by atoms with van der Waals surface area (Å²) >= 11 is 0. The zero-order valence-electron chi connectivity index (χ0n) is 22.2. The van der Waals surface area contributed by atoms with Crippen molar-refractivity contribution in [2.24, 2.45) is 7.05 Å². The molecule has 4 aromatic rings. The zero-order chi connectivity index (χ0) is 27.9. The number of likely N-dealkylation sites (tertiary alicyclic amines) is 1. The molecular weight excluding hydrogens is 505 g/mol. The molecular formula is C29H31F3N6O. The number of carbonyl (C=O) groups is 1. The summed E-state index contributed by atoms with van der Waals surface area (Å²) in [6, 6.07) is 12.3. The van der Waals surface area contributed by atoms with Crippen molar-refractivity contribution in [1.82, 2.24) is 24.3 Å². The lowest BCUT2D eigenvalue weighted by molar-refractivity contribution is -0.137. The standard InChI is InChI=1S/C29H31F3N6O/c1-36(2)28(39)20-6-4-18(5-7-20)19-9-12-38(13-10-19)17-22-15-24-23(8-11-34-27(24)37(22)3)26-25(29(30,31)32)14-21(33)16-35-26/h4-8,11,14-16,19H,9-10,12-13,17,33H2,1-3H3. The monoisotopic (exact) mass is 536 g/mol. The molecule has 1 aliphatic heterocycles. The second-order valence-corrected chi connectivity index (χ2v) is 10.3. The summed E-state index contributed by atoms with van der Waals surface area (Å²) in [7, 11) is 5.37. The average Bonchev–Trinajstić information content (AvgIpc) is 3.23. The van der Waals surface area contributed by atoms with Crippen molar-refractivity contribution in [2.45, 2.75) is 31.5 Å². The average molecular weight is 537 g/mol. The quantitative estimate of drug-likeness (QED) is 0.374. The molecule has 2 N–H and O–H groups in total. The minimum absolute atomic E-state index is 0.00854. The fourth-order valence-corrected chi connectivity index (χ4v) is 5.35. The number of alkyl halides is 3. The Morgan fingerprint density at radius 2 is 1.77 bits per heavy atom. The number of pyridine rings is 2. The molecule has 0 saturated carbocycles. The highest BCUT2D eigenvalue weighted by molar-refractivity contribution is 5.94. The molecule has 1 aromatic carbocycles. The van der Waals surface area contributed by atoms with E-state index in [1.807, 2.05) is 29.8 Å². The number of nitrogen functional groups attached to an aromatic ring is 1. The van der Waals surface area contributed by atoms with E-state index in [1.165, 1.54) is 18.0 Å². The highest BCUT2D eigenvalue weighted by Crippen LogP contribution is 2.39. The lowest BCUT2D eigenvalue weighted by atomic mass is 9.89. The Morgan fingerprint density at radius 3 is 2.41 bits per heavy atom. The van der Waals surface area contributed by atoms with Crippen molar-refractivity contribution in [3.05, 3.63) is 77.2 Å². The van der Waals surface area contributed by atoms with Gasteiger partial charge in [0.2, 0.25) is 0 Å². The first-order chi connectivity index (χ1) is 18.5.